The number of ether oxygens (including phenoxy) is 1. The van der Waals surface area contributed by atoms with Gasteiger partial charge in [0.1, 0.15) is 6.73 Å². The lowest BCUT2D eigenvalue weighted by molar-refractivity contribution is -0.00571. The van der Waals surface area contributed by atoms with Crippen molar-refractivity contribution in [2.24, 2.45) is 0 Å². The highest BCUT2D eigenvalue weighted by molar-refractivity contribution is 5.93. The molecule has 1 aliphatic heterocycles. The van der Waals surface area contributed by atoms with Gasteiger partial charge in [0.15, 0.2) is 0 Å². The molecule has 2 rings (SSSR count). The molecule has 0 saturated carbocycles. The Hall–Kier alpha value is -1.42. The second-order valence-corrected chi connectivity index (χ2v) is 3.20. The van der Waals surface area contributed by atoms with Crippen LogP contribution in [-0.4, -0.2) is 35.7 Å². The number of amides is 1. The van der Waals surface area contributed by atoms with Crippen molar-refractivity contribution in [3.8, 4) is 0 Å². The zero-order chi connectivity index (χ0) is 9.80. The first-order valence-corrected chi connectivity index (χ1v) is 4.65. The molecule has 0 aromatic carbocycles. The van der Waals surface area contributed by atoms with Crippen molar-refractivity contribution in [2.75, 3.05) is 19.9 Å². The Balaban J connectivity index is 2.07. The molecule has 4 nitrogen and oxygen atoms in total. The van der Waals surface area contributed by atoms with E-state index >= 15 is 0 Å². The lowest BCUT2D eigenvalue weighted by atomic mass is 10.2. The Morgan fingerprint density at radius 1 is 1.43 bits per heavy atom. The van der Waals surface area contributed by atoms with E-state index in [4.69, 9.17) is 4.74 Å². The highest BCUT2D eigenvalue weighted by atomic mass is 16.5. The molecular weight excluding hydrogens is 180 g/mol. The summed E-state index contributed by atoms with van der Waals surface area (Å²) in [5.41, 5.74) is 0.672. The third-order valence-electron chi connectivity index (χ3n) is 2.18. The molecule has 0 unspecified atom stereocenters. The summed E-state index contributed by atoms with van der Waals surface area (Å²) in [7, 11) is 0. The number of carbonyl (C=O) groups excluding carboxylic acids is 1. The predicted molar refractivity (Wildman–Crippen MR) is 50.7 cm³/mol. The molecular formula is C10H12N2O2. The molecule has 1 saturated heterocycles. The molecule has 0 spiro atoms. The van der Waals surface area contributed by atoms with E-state index < -0.39 is 0 Å². The minimum absolute atomic E-state index is 0.0205. The van der Waals surface area contributed by atoms with E-state index in [1.165, 1.54) is 0 Å². The van der Waals surface area contributed by atoms with Crippen LogP contribution in [0.5, 0.6) is 0 Å². The second kappa shape index (κ2) is 4.19. The SMILES string of the molecule is O=C(c1ccncc1)N1CCCOC1. The van der Waals surface area contributed by atoms with Gasteiger partial charge in [0.05, 0.1) is 6.61 Å². The second-order valence-electron chi connectivity index (χ2n) is 3.20. The molecule has 14 heavy (non-hydrogen) atoms. The van der Waals surface area contributed by atoms with Crippen molar-refractivity contribution in [3.63, 3.8) is 0 Å². The van der Waals surface area contributed by atoms with Gasteiger partial charge in [0.2, 0.25) is 0 Å². The summed E-state index contributed by atoms with van der Waals surface area (Å²) in [6.07, 6.45) is 4.16. The Bertz CT molecular complexity index is 307. The molecule has 1 amide bonds. The van der Waals surface area contributed by atoms with Crippen LogP contribution in [0.3, 0.4) is 0 Å². The molecule has 4 heteroatoms. The monoisotopic (exact) mass is 192 g/mol. The summed E-state index contributed by atoms with van der Waals surface area (Å²) in [4.78, 5) is 17.4. The van der Waals surface area contributed by atoms with Crippen molar-refractivity contribution < 1.29 is 9.53 Å². The van der Waals surface area contributed by atoms with Gasteiger partial charge in [0, 0.05) is 24.5 Å². The maximum Gasteiger partial charge on any atom is 0.255 e. The smallest absolute Gasteiger partial charge is 0.255 e. The molecule has 0 N–H and O–H groups in total. The lowest BCUT2D eigenvalue weighted by Crippen LogP contribution is -2.38. The number of nitrogens with zero attached hydrogens (tertiary/aromatic N) is 2. The van der Waals surface area contributed by atoms with Gasteiger partial charge in [-0.1, -0.05) is 0 Å². The molecule has 0 aliphatic carbocycles. The van der Waals surface area contributed by atoms with Crippen molar-refractivity contribution in [1.82, 2.24) is 9.88 Å². The van der Waals surface area contributed by atoms with Gasteiger partial charge < -0.3 is 9.64 Å². The number of hydrogen-bond donors (Lipinski definition) is 0. The Labute approximate surface area is 82.5 Å². The number of hydrogen-bond acceptors (Lipinski definition) is 3. The van der Waals surface area contributed by atoms with E-state index in [2.05, 4.69) is 4.98 Å². The average molecular weight is 192 g/mol. The van der Waals surface area contributed by atoms with Gasteiger partial charge in [-0.2, -0.15) is 0 Å². The molecule has 0 radical (unpaired) electrons. The standard InChI is InChI=1S/C10H12N2O2/c13-10(9-2-4-11-5-3-9)12-6-1-7-14-8-12/h2-5H,1,6-8H2. The fourth-order valence-corrected chi connectivity index (χ4v) is 1.43. The number of pyridine rings is 1. The molecule has 1 aromatic rings. The molecule has 74 valence electrons. The third-order valence-corrected chi connectivity index (χ3v) is 2.18. The summed E-state index contributed by atoms with van der Waals surface area (Å²) in [5, 5.41) is 0. The maximum atomic E-state index is 11.8. The minimum Gasteiger partial charge on any atom is -0.361 e. The van der Waals surface area contributed by atoms with Crippen LogP contribution in [0.25, 0.3) is 0 Å². The van der Waals surface area contributed by atoms with Crippen LogP contribution >= 0.6 is 0 Å². The molecule has 1 aromatic heterocycles. The van der Waals surface area contributed by atoms with E-state index in [1.807, 2.05) is 0 Å². The fraction of sp³-hybridized carbons (Fsp3) is 0.400. The van der Waals surface area contributed by atoms with Crippen molar-refractivity contribution >= 4 is 5.91 Å². The predicted octanol–water partition coefficient (Wildman–Crippen LogP) is 0.902. The first-order valence-electron chi connectivity index (χ1n) is 4.65. The topological polar surface area (TPSA) is 42.4 Å². The molecule has 0 bridgehead atoms. The fourth-order valence-electron chi connectivity index (χ4n) is 1.43. The Kier molecular flexibility index (Phi) is 2.74. The Morgan fingerprint density at radius 3 is 2.86 bits per heavy atom. The zero-order valence-corrected chi connectivity index (χ0v) is 7.85. The van der Waals surface area contributed by atoms with Crippen LogP contribution in [0.4, 0.5) is 0 Å². The van der Waals surface area contributed by atoms with Crippen LogP contribution in [0.15, 0.2) is 24.5 Å². The normalized spacial score (nSPS) is 16.7. The summed E-state index contributed by atoms with van der Waals surface area (Å²) >= 11 is 0. The van der Waals surface area contributed by atoms with Crippen LogP contribution in [0.2, 0.25) is 0 Å². The quantitative estimate of drug-likeness (QED) is 0.664. The molecule has 0 atom stereocenters. The van der Waals surface area contributed by atoms with Crippen molar-refractivity contribution in [3.05, 3.63) is 30.1 Å². The van der Waals surface area contributed by atoms with E-state index in [0.717, 1.165) is 19.6 Å². The van der Waals surface area contributed by atoms with Crippen LogP contribution in [0, 0.1) is 0 Å². The summed E-state index contributed by atoms with van der Waals surface area (Å²) < 4.78 is 5.21. The van der Waals surface area contributed by atoms with Gasteiger partial charge in [-0.3, -0.25) is 9.78 Å². The summed E-state index contributed by atoms with van der Waals surface area (Å²) in [5.74, 6) is 0.0205. The highest BCUT2D eigenvalue weighted by Gasteiger charge is 2.17. The van der Waals surface area contributed by atoms with Crippen LogP contribution in [-0.2, 0) is 4.74 Å². The van der Waals surface area contributed by atoms with E-state index in [0.29, 0.717) is 12.3 Å². The largest absolute Gasteiger partial charge is 0.361 e. The lowest BCUT2D eigenvalue weighted by Gasteiger charge is -2.26. The van der Waals surface area contributed by atoms with Gasteiger partial charge in [0.25, 0.3) is 5.91 Å². The summed E-state index contributed by atoms with van der Waals surface area (Å²) in [6.45, 7) is 1.93. The highest BCUT2D eigenvalue weighted by Crippen LogP contribution is 2.07. The van der Waals surface area contributed by atoms with Crippen molar-refractivity contribution in [1.29, 1.82) is 0 Å². The third kappa shape index (κ3) is 1.90. The van der Waals surface area contributed by atoms with E-state index in [-0.39, 0.29) is 5.91 Å². The minimum atomic E-state index is 0.0205. The van der Waals surface area contributed by atoms with E-state index in [1.54, 1.807) is 29.4 Å². The Morgan fingerprint density at radius 2 is 2.21 bits per heavy atom. The molecule has 1 fully saturated rings. The van der Waals surface area contributed by atoms with Gasteiger partial charge >= 0.3 is 0 Å². The summed E-state index contributed by atoms with van der Waals surface area (Å²) in [6, 6.07) is 3.44. The molecule has 1 aliphatic rings. The van der Waals surface area contributed by atoms with Gasteiger partial charge in [-0.15, -0.1) is 0 Å². The van der Waals surface area contributed by atoms with Crippen LogP contribution in [0.1, 0.15) is 16.8 Å². The van der Waals surface area contributed by atoms with Crippen molar-refractivity contribution in [2.45, 2.75) is 6.42 Å². The van der Waals surface area contributed by atoms with Crippen LogP contribution < -0.4 is 0 Å². The zero-order valence-electron chi connectivity index (χ0n) is 7.85. The van der Waals surface area contributed by atoms with Gasteiger partial charge in [-0.05, 0) is 18.6 Å². The maximum absolute atomic E-state index is 11.8. The number of aromatic nitrogens is 1. The first-order chi connectivity index (χ1) is 6.88. The molecule has 2 heterocycles. The first kappa shape index (κ1) is 9.15. The van der Waals surface area contributed by atoms with E-state index in [9.17, 15) is 4.79 Å². The average Bonchev–Trinajstić information content (AvgIpc) is 2.30. The number of carbonyl (C=O) groups is 1. The van der Waals surface area contributed by atoms with Gasteiger partial charge in [-0.25, -0.2) is 0 Å². The number of rotatable bonds is 1.